The number of benzene rings is 2. The summed E-state index contributed by atoms with van der Waals surface area (Å²) < 4.78 is 5.43. The predicted molar refractivity (Wildman–Crippen MR) is 108 cm³/mol. The Morgan fingerprint density at radius 3 is 2.81 bits per heavy atom. The lowest BCUT2D eigenvalue weighted by molar-refractivity contribution is -0.136. The minimum Gasteiger partial charge on any atom is -0.481 e. The summed E-state index contributed by atoms with van der Waals surface area (Å²) in [6.45, 7) is 1.54. The number of halogens is 1. The Morgan fingerprint density at radius 1 is 1.22 bits per heavy atom. The fourth-order valence-electron chi connectivity index (χ4n) is 3.56. The third-order valence-electron chi connectivity index (χ3n) is 4.87. The van der Waals surface area contributed by atoms with Gasteiger partial charge < -0.3 is 20.1 Å². The molecule has 1 fully saturated rings. The van der Waals surface area contributed by atoms with Gasteiger partial charge in [0.05, 0.1) is 17.6 Å². The SMILES string of the molecule is O=C(O)Cc1cccc(-c2cc3cc(Cl)cc(NC4CCOCC4)c3[nH]2)c1. The second-order valence-electron chi connectivity index (χ2n) is 6.90. The van der Waals surface area contributed by atoms with Crippen molar-refractivity contribution in [1.82, 2.24) is 4.98 Å². The van der Waals surface area contributed by atoms with Gasteiger partial charge in [-0.2, -0.15) is 0 Å². The molecular weight excluding hydrogens is 364 g/mol. The van der Waals surface area contributed by atoms with Crippen LogP contribution >= 0.6 is 11.6 Å². The van der Waals surface area contributed by atoms with Gasteiger partial charge in [0.2, 0.25) is 0 Å². The number of aromatic nitrogens is 1. The molecule has 3 N–H and O–H groups in total. The van der Waals surface area contributed by atoms with Crippen LogP contribution in [0, 0.1) is 0 Å². The van der Waals surface area contributed by atoms with Gasteiger partial charge in [0.25, 0.3) is 0 Å². The number of H-pyrrole nitrogens is 1. The first-order valence-corrected chi connectivity index (χ1v) is 9.44. The average Bonchev–Trinajstić information content (AvgIpc) is 3.06. The lowest BCUT2D eigenvalue weighted by Crippen LogP contribution is -2.27. The number of fused-ring (bicyclic) bond motifs is 1. The molecule has 1 saturated heterocycles. The molecule has 1 aromatic heterocycles. The summed E-state index contributed by atoms with van der Waals surface area (Å²) >= 11 is 6.34. The molecule has 1 aliphatic rings. The molecule has 0 saturated carbocycles. The molecule has 0 unspecified atom stereocenters. The van der Waals surface area contributed by atoms with E-state index in [4.69, 9.17) is 21.4 Å². The Balaban J connectivity index is 1.69. The summed E-state index contributed by atoms with van der Waals surface area (Å²) in [4.78, 5) is 14.5. The molecular formula is C21H21ClN2O3. The Bertz CT molecular complexity index is 977. The Labute approximate surface area is 162 Å². The molecule has 0 atom stereocenters. The minimum absolute atomic E-state index is 0.0104. The smallest absolute Gasteiger partial charge is 0.307 e. The van der Waals surface area contributed by atoms with Gasteiger partial charge in [0, 0.05) is 35.4 Å². The van der Waals surface area contributed by atoms with Crippen LogP contribution in [0.4, 0.5) is 5.69 Å². The van der Waals surface area contributed by atoms with Gasteiger partial charge in [0.1, 0.15) is 0 Å². The molecule has 27 heavy (non-hydrogen) atoms. The molecule has 6 heteroatoms. The number of ether oxygens (including phenoxy) is 1. The molecule has 4 rings (SSSR count). The zero-order valence-corrected chi connectivity index (χ0v) is 15.6. The van der Waals surface area contributed by atoms with Crippen LogP contribution in [0.2, 0.25) is 5.02 Å². The minimum atomic E-state index is -0.835. The van der Waals surface area contributed by atoms with E-state index in [0.717, 1.165) is 59.5 Å². The monoisotopic (exact) mass is 384 g/mol. The van der Waals surface area contributed by atoms with E-state index >= 15 is 0 Å². The number of aromatic amines is 1. The summed E-state index contributed by atoms with van der Waals surface area (Å²) in [5, 5.41) is 14.3. The van der Waals surface area contributed by atoms with Crippen LogP contribution in [0.3, 0.4) is 0 Å². The van der Waals surface area contributed by atoms with E-state index in [9.17, 15) is 4.79 Å². The van der Waals surface area contributed by atoms with Crippen molar-refractivity contribution in [3.05, 3.63) is 53.1 Å². The van der Waals surface area contributed by atoms with E-state index in [-0.39, 0.29) is 6.42 Å². The number of carbonyl (C=O) groups is 1. The van der Waals surface area contributed by atoms with E-state index in [2.05, 4.69) is 16.4 Å². The number of nitrogens with one attached hydrogen (secondary N) is 2. The van der Waals surface area contributed by atoms with Crippen molar-refractivity contribution in [3.8, 4) is 11.3 Å². The summed E-state index contributed by atoms with van der Waals surface area (Å²) in [7, 11) is 0. The van der Waals surface area contributed by atoms with Crippen molar-refractivity contribution in [2.45, 2.75) is 25.3 Å². The van der Waals surface area contributed by atoms with Crippen molar-refractivity contribution in [3.63, 3.8) is 0 Å². The van der Waals surface area contributed by atoms with Crippen LogP contribution < -0.4 is 5.32 Å². The highest BCUT2D eigenvalue weighted by Crippen LogP contribution is 2.33. The summed E-state index contributed by atoms with van der Waals surface area (Å²) in [5.41, 5.74) is 4.66. The molecule has 0 spiro atoms. The van der Waals surface area contributed by atoms with E-state index in [1.807, 2.05) is 36.4 Å². The maximum Gasteiger partial charge on any atom is 0.307 e. The normalized spacial score (nSPS) is 15.1. The van der Waals surface area contributed by atoms with Gasteiger partial charge in [-0.05, 0) is 48.2 Å². The third-order valence-corrected chi connectivity index (χ3v) is 5.09. The number of anilines is 1. The van der Waals surface area contributed by atoms with Gasteiger partial charge >= 0.3 is 5.97 Å². The van der Waals surface area contributed by atoms with E-state index < -0.39 is 5.97 Å². The third kappa shape index (κ3) is 4.10. The molecule has 3 aromatic rings. The van der Waals surface area contributed by atoms with Crippen molar-refractivity contribution in [2.75, 3.05) is 18.5 Å². The fourth-order valence-corrected chi connectivity index (χ4v) is 3.79. The van der Waals surface area contributed by atoms with Crippen molar-refractivity contribution in [2.24, 2.45) is 0 Å². The highest BCUT2D eigenvalue weighted by atomic mass is 35.5. The topological polar surface area (TPSA) is 74.3 Å². The second-order valence-corrected chi connectivity index (χ2v) is 7.34. The summed E-state index contributed by atoms with van der Waals surface area (Å²) in [5.74, 6) is -0.835. The van der Waals surface area contributed by atoms with Gasteiger partial charge in [-0.25, -0.2) is 0 Å². The van der Waals surface area contributed by atoms with Gasteiger partial charge in [0.15, 0.2) is 0 Å². The first kappa shape index (κ1) is 17.9. The average molecular weight is 385 g/mol. The van der Waals surface area contributed by atoms with Crippen molar-refractivity contribution >= 4 is 34.2 Å². The van der Waals surface area contributed by atoms with Gasteiger partial charge in [-0.3, -0.25) is 4.79 Å². The maximum atomic E-state index is 11.0. The van der Waals surface area contributed by atoms with Crippen LogP contribution in [-0.4, -0.2) is 35.3 Å². The predicted octanol–water partition coefficient (Wildman–Crippen LogP) is 4.71. The number of carboxylic acid groups (broad SMARTS) is 1. The Morgan fingerprint density at radius 2 is 2.04 bits per heavy atom. The number of hydrogen-bond donors (Lipinski definition) is 3. The highest BCUT2D eigenvalue weighted by molar-refractivity contribution is 6.32. The van der Waals surface area contributed by atoms with Crippen LogP contribution in [0.25, 0.3) is 22.2 Å². The van der Waals surface area contributed by atoms with E-state index in [0.29, 0.717) is 11.1 Å². The first-order valence-electron chi connectivity index (χ1n) is 9.06. The van der Waals surface area contributed by atoms with Crippen LogP contribution in [0.5, 0.6) is 0 Å². The first-order chi connectivity index (χ1) is 13.1. The molecule has 140 valence electrons. The molecule has 2 heterocycles. The van der Waals surface area contributed by atoms with Gasteiger partial charge in [-0.15, -0.1) is 0 Å². The van der Waals surface area contributed by atoms with Crippen LogP contribution in [0.1, 0.15) is 18.4 Å². The number of rotatable bonds is 5. The molecule has 0 bridgehead atoms. The number of aliphatic carboxylic acids is 1. The Kier molecular flexibility index (Phi) is 5.05. The largest absolute Gasteiger partial charge is 0.481 e. The summed E-state index contributed by atoms with van der Waals surface area (Å²) in [6, 6.07) is 13.9. The number of hydrogen-bond acceptors (Lipinski definition) is 3. The second kappa shape index (κ2) is 7.62. The maximum absolute atomic E-state index is 11.0. The Hall–Kier alpha value is -2.50. The lowest BCUT2D eigenvalue weighted by Gasteiger charge is -2.24. The van der Waals surface area contributed by atoms with Crippen LogP contribution in [0.15, 0.2) is 42.5 Å². The quantitative estimate of drug-likeness (QED) is 0.595. The van der Waals surface area contributed by atoms with Gasteiger partial charge in [-0.1, -0.05) is 29.8 Å². The molecule has 5 nitrogen and oxygen atoms in total. The molecule has 0 aliphatic carbocycles. The molecule has 0 amide bonds. The summed E-state index contributed by atoms with van der Waals surface area (Å²) in [6.07, 6.45) is 1.95. The van der Waals surface area contributed by atoms with E-state index in [1.54, 1.807) is 0 Å². The standard InChI is InChI=1S/C21H21ClN2O3/c22-16-10-15-11-18(14-3-1-2-13(8-14)9-20(25)26)24-21(15)19(12-16)23-17-4-6-27-7-5-17/h1-3,8,10-12,17,23-24H,4-7,9H2,(H,25,26). The van der Waals surface area contributed by atoms with Crippen LogP contribution in [-0.2, 0) is 16.0 Å². The fraction of sp³-hybridized carbons (Fsp3) is 0.286. The lowest BCUT2D eigenvalue weighted by atomic mass is 10.1. The number of carboxylic acids is 1. The highest BCUT2D eigenvalue weighted by Gasteiger charge is 2.16. The van der Waals surface area contributed by atoms with Crippen molar-refractivity contribution in [1.29, 1.82) is 0 Å². The van der Waals surface area contributed by atoms with Crippen molar-refractivity contribution < 1.29 is 14.6 Å². The molecule has 2 aromatic carbocycles. The molecule has 0 radical (unpaired) electrons. The zero-order chi connectivity index (χ0) is 18.8. The zero-order valence-electron chi connectivity index (χ0n) is 14.8. The molecule has 1 aliphatic heterocycles. The van der Waals surface area contributed by atoms with E-state index in [1.165, 1.54) is 0 Å².